The maximum absolute atomic E-state index is 5.66. The van der Waals surface area contributed by atoms with E-state index in [4.69, 9.17) is 14.2 Å². The molecule has 0 aromatic heterocycles. The topological polar surface area (TPSA) is 27.7 Å². The Morgan fingerprint density at radius 2 is 2.15 bits per heavy atom. The molecule has 0 amide bonds. The molecule has 1 spiro atoms. The van der Waals surface area contributed by atoms with Crippen LogP contribution in [0.1, 0.15) is 32.6 Å². The summed E-state index contributed by atoms with van der Waals surface area (Å²) in [6, 6.07) is 0. The predicted molar refractivity (Wildman–Crippen MR) is 48.5 cm³/mol. The van der Waals surface area contributed by atoms with Crippen molar-refractivity contribution in [3.05, 3.63) is 0 Å². The first-order valence-corrected chi connectivity index (χ1v) is 5.24. The summed E-state index contributed by atoms with van der Waals surface area (Å²) in [5.74, 6) is -0.280. The summed E-state index contributed by atoms with van der Waals surface area (Å²) in [7, 11) is 0. The van der Waals surface area contributed by atoms with Crippen molar-refractivity contribution in [2.75, 3.05) is 19.8 Å². The van der Waals surface area contributed by atoms with Gasteiger partial charge in [0.25, 0.3) is 0 Å². The highest BCUT2D eigenvalue weighted by Gasteiger charge is 2.41. The Morgan fingerprint density at radius 3 is 2.85 bits per heavy atom. The molecule has 76 valence electrons. The molecular weight excluding hydrogens is 168 g/mol. The molecule has 0 bridgehead atoms. The van der Waals surface area contributed by atoms with Crippen LogP contribution < -0.4 is 0 Å². The Balaban J connectivity index is 1.90. The summed E-state index contributed by atoms with van der Waals surface area (Å²) >= 11 is 0. The number of hydrogen-bond donors (Lipinski definition) is 0. The highest BCUT2D eigenvalue weighted by atomic mass is 16.7. The van der Waals surface area contributed by atoms with Crippen molar-refractivity contribution in [1.82, 2.24) is 0 Å². The molecule has 1 saturated carbocycles. The van der Waals surface area contributed by atoms with Crippen LogP contribution in [0.4, 0.5) is 0 Å². The van der Waals surface area contributed by atoms with Gasteiger partial charge >= 0.3 is 0 Å². The molecule has 1 atom stereocenters. The second-order valence-corrected chi connectivity index (χ2v) is 3.78. The fourth-order valence-electron chi connectivity index (χ4n) is 2.29. The second kappa shape index (κ2) is 3.95. The van der Waals surface area contributed by atoms with Crippen molar-refractivity contribution in [2.24, 2.45) is 0 Å². The fraction of sp³-hybridized carbons (Fsp3) is 1.00. The van der Waals surface area contributed by atoms with E-state index in [2.05, 4.69) is 0 Å². The summed E-state index contributed by atoms with van der Waals surface area (Å²) in [5, 5.41) is 0. The monoisotopic (exact) mass is 186 g/mol. The summed E-state index contributed by atoms with van der Waals surface area (Å²) in [6.07, 6.45) is 4.61. The van der Waals surface area contributed by atoms with Gasteiger partial charge in [-0.1, -0.05) is 0 Å². The lowest BCUT2D eigenvalue weighted by Crippen LogP contribution is -2.39. The van der Waals surface area contributed by atoms with E-state index < -0.39 is 0 Å². The van der Waals surface area contributed by atoms with Crippen LogP contribution in [0.2, 0.25) is 0 Å². The van der Waals surface area contributed by atoms with Crippen molar-refractivity contribution in [2.45, 2.75) is 44.5 Å². The lowest BCUT2D eigenvalue weighted by molar-refractivity contribution is -0.201. The Morgan fingerprint density at radius 1 is 1.38 bits per heavy atom. The Kier molecular flexibility index (Phi) is 2.86. The maximum Gasteiger partial charge on any atom is 0.170 e. The molecule has 13 heavy (non-hydrogen) atoms. The second-order valence-electron chi connectivity index (χ2n) is 3.78. The van der Waals surface area contributed by atoms with Crippen LogP contribution in [0.25, 0.3) is 0 Å². The minimum Gasteiger partial charge on any atom is -0.378 e. The third kappa shape index (κ3) is 2.03. The molecule has 1 unspecified atom stereocenters. The molecule has 1 heterocycles. The van der Waals surface area contributed by atoms with Gasteiger partial charge in [-0.2, -0.15) is 0 Å². The van der Waals surface area contributed by atoms with E-state index in [9.17, 15) is 0 Å². The SMILES string of the molecule is CCOC1CCCC2(C1)OCCO2. The largest absolute Gasteiger partial charge is 0.378 e. The molecule has 0 aromatic carbocycles. The van der Waals surface area contributed by atoms with Crippen molar-refractivity contribution in [3.8, 4) is 0 Å². The molecule has 2 fully saturated rings. The van der Waals surface area contributed by atoms with Crippen molar-refractivity contribution in [3.63, 3.8) is 0 Å². The summed E-state index contributed by atoms with van der Waals surface area (Å²) < 4.78 is 16.9. The Hall–Kier alpha value is -0.120. The van der Waals surface area contributed by atoms with Crippen LogP contribution in [0.5, 0.6) is 0 Å². The van der Waals surface area contributed by atoms with Gasteiger partial charge in [0.15, 0.2) is 5.79 Å². The molecule has 3 heteroatoms. The van der Waals surface area contributed by atoms with Gasteiger partial charge in [0.05, 0.1) is 19.3 Å². The smallest absolute Gasteiger partial charge is 0.170 e. The molecule has 1 aliphatic carbocycles. The van der Waals surface area contributed by atoms with Crippen molar-refractivity contribution in [1.29, 1.82) is 0 Å². The van der Waals surface area contributed by atoms with E-state index in [-0.39, 0.29) is 5.79 Å². The van der Waals surface area contributed by atoms with Crippen LogP contribution in [0.15, 0.2) is 0 Å². The van der Waals surface area contributed by atoms with Crippen LogP contribution in [-0.4, -0.2) is 31.7 Å². The molecular formula is C10H18O3. The summed E-state index contributed by atoms with van der Waals surface area (Å²) in [4.78, 5) is 0. The summed E-state index contributed by atoms with van der Waals surface area (Å²) in [6.45, 7) is 4.33. The Labute approximate surface area is 79.4 Å². The third-order valence-electron chi connectivity index (χ3n) is 2.84. The molecule has 3 nitrogen and oxygen atoms in total. The average Bonchev–Trinajstić information content (AvgIpc) is 2.54. The van der Waals surface area contributed by atoms with Gasteiger partial charge in [-0.05, 0) is 19.8 Å². The predicted octanol–water partition coefficient (Wildman–Crippen LogP) is 1.71. The van der Waals surface area contributed by atoms with Gasteiger partial charge in [-0.15, -0.1) is 0 Å². The molecule has 0 aromatic rings. The van der Waals surface area contributed by atoms with Crippen LogP contribution >= 0.6 is 0 Å². The normalized spacial score (nSPS) is 32.5. The van der Waals surface area contributed by atoms with E-state index in [1.165, 1.54) is 0 Å². The fourth-order valence-corrected chi connectivity index (χ4v) is 2.29. The highest BCUT2D eigenvalue weighted by Crippen LogP contribution is 2.36. The molecule has 0 N–H and O–H groups in total. The van der Waals surface area contributed by atoms with E-state index in [0.717, 1.165) is 45.5 Å². The quantitative estimate of drug-likeness (QED) is 0.657. The standard InChI is InChI=1S/C10H18O3/c1-2-11-9-4-3-5-10(8-9)12-6-7-13-10/h9H,2-8H2,1H3. The molecule has 0 radical (unpaired) electrons. The lowest BCUT2D eigenvalue weighted by Gasteiger charge is -2.35. The highest BCUT2D eigenvalue weighted by molar-refractivity contribution is 4.83. The number of rotatable bonds is 2. The van der Waals surface area contributed by atoms with Gasteiger partial charge < -0.3 is 14.2 Å². The van der Waals surface area contributed by atoms with Crippen LogP contribution in [-0.2, 0) is 14.2 Å². The molecule has 2 rings (SSSR count). The van der Waals surface area contributed by atoms with Gasteiger partial charge in [0.1, 0.15) is 0 Å². The third-order valence-corrected chi connectivity index (χ3v) is 2.84. The van der Waals surface area contributed by atoms with E-state index >= 15 is 0 Å². The number of ether oxygens (including phenoxy) is 3. The minimum absolute atomic E-state index is 0.280. The molecule has 1 aliphatic heterocycles. The van der Waals surface area contributed by atoms with Gasteiger partial charge in [0.2, 0.25) is 0 Å². The number of hydrogen-bond acceptors (Lipinski definition) is 3. The minimum atomic E-state index is -0.280. The Bertz CT molecular complexity index is 162. The maximum atomic E-state index is 5.66. The van der Waals surface area contributed by atoms with Crippen molar-refractivity contribution < 1.29 is 14.2 Å². The van der Waals surface area contributed by atoms with Gasteiger partial charge in [-0.25, -0.2) is 0 Å². The van der Waals surface area contributed by atoms with E-state index in [1.54, 1.807) is 0 Å². The first kappa shape index (κ1) is 9.44. The molecule has 2 aliphatic rings. The zero-order chi connectivity index (χ0) is 9.15. The van der Waals surface area contributed by atoms with Crippen LogP contribution in [0, 0.1) is 0 Å². The zero-order valence-corrected chi connectivity index (χ0v) is 8.25. The van der Waals surface area contributed by atoms with E-state index in [1.807, 2.05) is 6.92 Å². The lowest BCUT2D eigenvalue weighted by atomic mass is 9.91. The molecule has 1 saturated heterocycles. The average molecular weight is 186 g/mol. The van der Waals surface area contributed by atoms with Gasteiger partial charge in [-0.3, -0.25) is 0 Å². The first-order valence-electron chi connectivity index (χ1n) is 5.24. The summed E-state index contributed by atoms with van der Waals surface area (Å²) in [5.41, 5.74) is 0. The van der Waals surface area contributed by atoms with Crippen LogP contribution in [0.3, 0.4) is 0 Å². The van der Waals surface area contributed by atoms with E-state index in [0.29, 0.717) is 6.10 Å². The first-order chi connectivity index (χ1) is 6.35. The van der Waals surface area contributed by atoms with Gasteiger partial charge in [0, 0.05) is 19.4 Å². The zero-order valence-electron chi connectivity index (χ0n) is 8.25. The van der Waals surface area contributed by atoms with Crippen molar-refractivity contribution >= 4 is 0 Å².